The number of hydrogen-bond donors (Lipinski definition) is 2. The Bertz CT molecular complexity index is 907. The highest BCUT2D eigenvalue weighted by Crippen LogP contribution is 2.34. The minimum atomic E-state index is 0.0197. The molecule has 3 aromatic rings. The second-order valence-electron chi connectivity index (χ2n) is 6.65. The van der Waals surface area contributed by atoms with Crippen LogP contribution in [0.15, 0.2) is 42.5 Å². The van der Waals surface area contributed by atoms with Crippen molar-refractivity contribution in [3.63, 3.8) is 0 Å². The number of nitrogens with zero attached hydrogens (tertiary/aromatic N) is 1. The molecule has 0 aliphatic carbocycles. The number of carbonyl (C=O) groups excluding carboxylic acids is 1. The Morgan fingerprint density at radius 3 is 2.46 bits per heavy atom. The maximum absolute atomic E-state index is 12.3. The zero-order valence-electron chi connectivity index (χ0n) is 16.0. The lowest BCUT2D eigenvalue weighted by molar-refractivity contribution is 0.0957. The second-order valence-corrected chi connectivity index (χ2v) is 6.65. The monoisotopic (exact) mass is 349 g/mol. The first kappa shape index (κ1) is 18.2. The van der Waals surface area contributed by atoms with E-state index in [4.69, 9.17) is 0 Å². The minimum Gasteiger partial charge on any atom is -0.354 e. The van der Waals surface area contributed by atoms with Crippen molar-refractivity contribution in [3.8, 4) is 11.3 Å². The highest BCUT2D eigenvalue weighted by Gasteiger charge is 2.21. The normalized spacial score (nSPS) is 13.2. The summed E-state index contributed by atoms with van der Waals surface area (Å²) >= 11 is 0. The van der Waals surface area contributed by atoms with Gasteiger partial charge in [-0.15, -0.1) is 0 Å². The summed E-state index contributed by atoms with van der Waals surface area (Å²) in [6, 6.07) is 14.6. The van der Waals surface area contributed by atoms with Crippen molar-refractivity contribution in [2.75, 3.05) is 20.6 Å². The molecule has 0 saturated heterocycles. The molecule has 2 N–H and O–H groups in total. The van der Waals surface area contributed by atoms with Crippen LogP contribution in [0, 0.1) is 0 Å². The molecule has 2 aromatic carbocycles. The van der Waals surface area contributed by atoms with E-state index in [1.54, 1.807) is 0 Å². The van der Waals surface area contributed by atoms with Crippen molar-refractivity contribution in [2.45, 2.75) is 26.8 Å². The number of benzene rings is 2. The summed E-state index contributed by atoms with van der Waals surface area (Å²) in [6.07, 6.45) is 0.845. The second kappa shape index (κ2) is 7.75. The molecule has 1 aliphatic heterocycles. The van der Waals surface area contributed by atoms with E-state index in [1.165, 1.54) is 16.7 Å². The predicted octanol–water partition coefficient (Wildman–Crippen LogP) is 4.21. The molecule has 4 heteroatoms. The molecule has 136 valence electrons. The summed E-state index contributed by atoms with van der Waals surface area (Å²) in [5.74, 6) is 0.0197. The van der Waals surface area contributed by atoms with Gasteiger partial charge in [0.1, 0.15) is 0 Å². The zero-order valence-corrected chi connectivity index (χ0v) is 16.0. The van der Waals surface area contributed by atoms with Gasteiger partial charge in [0, 0.05) is 35.2 Å². The van der Waals surface area contributed by atoms with Gasteiger partial charge >= 0.3 is 0 Å². The summed E-state index contributed by atoms with van der Waals surface area (Å²) in [5.41, 5.74) is 6.63. The van der Waals surface area contributed by atoms with Crippen molar-refractivity contribution < 1.29 is 4.79 Å². The molecular formula is C22H27N3O. The molecule has 4 nitrogen and oxygen atoms in total. The van der Waals surface area contributed by atoms with Crippen LogP contribution in [0.1, 0.15) is 35.3 Å². The van der Waals surface area contributed by atoms with E-state index >= 15 is 0 Å². The SMILES string of the molecule is CC.CN(C)Cc1ccc(-c2[nH]c3cccc4c3c2CCNC4=O)cc1. The number of hydrogen-bond acceptors (Lipinski definition) is 2. The van der Waals surface area contributed by atoms with E-state index in [1.807, 2.05) is 32.0 Å². The number of amides is 1. The Balaban J connectivity index is 0.000000948. The van der Waals surface area contributed by atoms with Crippen LogP contribution >= 0.6 is 0 Å². The standard InChI is InChI=1S/C20H21N3O.C2H6/c1-23(2)12-13-6-8-14(9-7-13)19-15-10-11-21-20(24)16-4-3-5-17(22-19)18(15)16;1-2/h3-9,22H,10-12H2,1-2H3,(H,21,24);1-2H3. The minimum absolute atomic E-state index is 0.0197. The van der Waals surface area contributed by atoms with Gasteiger partial charge in [0.15, 0.2) is 0 Å². The Morgan fingerprint density at radius 1 is 1.04 bits per heavy atom. The quantitative estimate of drug-likeness (QED) is 0.744. The molecule has 0 atom stereocenters. The molecule has 1 amide bonds. The molecule has 0 unspecified atom stereocenters. The fourth-order valence-electron chi connectivity index (χ4n) is 3.54. The molecule has 0 spiro atoms. The fraction of sp³-hybridized carbons (Fsp3) is 0.318. The van der Waals surface area contributed by atoms with Crippen molar-refractivity contribution >= 4 is 16.8 Å². The van der Waals surface area contributed by atoms with E-state index in [0.29, 0.717) is 6.54 Å². The summed E-state index contributed by atoms with van der Waals surface area (Å²) < 4.78 is 0. The third-order valence-electron chi connectivity index (χ3n) is 4.57. The molecule has 1 aromatic heterocycles. The van der Waals surface area contributed by atoms with Crippen molar-refractivity contribution in [3.05, 3.63) is 59.2 Å². The van der Waals surface area contributed by atoms with Crippen molar-refractivity contribution in [1.29, 1.82) is 0 Å². The lowest BCUT2D eigenvalue weighted by Gasteiger charge is -2.10. The average molecular weight is 349 g/mol. The Labute approximate surface area is 155 Å². The molecule has 1 aliphatic rings. The fourth-order valence-corrected chi connectivity index (χ4v) is 3.54. The first-order valence-corrected chi connectivity index (χ1v) is 9.29. The van der Waals surface area contributed by atoms with E-state index in [9.17, 15) is 4.79 Å². The molecular weight excluding hydrogens is 322 g/mol. The topological polar surface area (TPSA) is 48.1 Å². The van der Waals surface area contributed by atoms with Crippen LogP contribution in [-0.4, -0.2) is 36.4 Å². The maximum Gasteiger partial charge on any atom is 0.251 e. The van der Waals surface area contributed by atoms with Gasteiger partial charge in [-0.2, -0.15) is 0 Å². The van der Waals surface area contributed by atoms with Gasteiger partial charge in [-0.1, -0.05) is 44.2 Å². The van der Waals surface area contributed by atoms with E-state index in [2.05, 4.69) is 53.6 Å². The summed E-state index contributed by atoms with van der Waals surface area (Å²) in [7, 11) is 4.15. The predicted molar refractivity (Wildman–Crippen MR) is 109 cm³/mol. The number of aromatic nitrogens is 1. The largest absolute Gasteiger partial charge is 0.354 e. The molecule has 0 radical (unpaired) electrons. The number of rotatable bonds is 3. The third kappa shape index (κ3) is 3.37. The van der Waals surface area contributed by atoms with Gasteiger partial charge in [-0.3, -0.25) is 4.79 Å². The lowest BCUT2D eigenvalue weighted by atomic mass is 10.00. The van der Waals surface area contributed by atoms with Gasteiger partial charge in [-0.05, 0) is 49.3 Å². The molecule has 0 bridgehead atoms. The number of carbonyl (C=O) groups is 1. The summed E-state index contributed by atoms with van der Waals surface area (Å²) in [5, 5.41) is 4.06. The molecule has 26 heavy (non-hydrogen) atoms. The van der Waals surface area contributed by atoms with Crippen LogP contribution in [0.5, 0.6) is 0 Å². The van der Waals surface area contributed by atoms with Gasteiger partial charge in [0.05, 0.1) is 0 Å². The molecule has 0 fully saturated rings. The van der Waals surface area contributed by atoms with Crippen LogP contribution in [0.25, 0.3) is 22.2 Å². The average Bonchev–Trinajstić information content (AvgIpc) is 2.93. The van der Waals surface area contributed by atoms with Crippen LogP contribution in [0.2, 0.25) is 0 Å². The highest BCUT2D eigenvalue weighted by atomic mass is 16.1. The van der Waals surface area contributed by atoms with E-state index in [0.717, 1.165) is 35.1 Å². The Hall–Kier alpha value is -2.59. The summed E-state index contributed by atoms with van der Waals surface area (Å²) in [4.78, 5) is 17.9. The van der Waals surface area contributed by atoms with Gasteiger partial charge < -0.3 is 15.2 Å². The van der Waals surface area contributed by atoms with Crippen LogP contribution in [0.4, 0.5) is 0 Å². The Morgan fingerprint density at radius 2 is 1.77 bits per heavy atom. The molecule has 2 heterocycles. The molecule has 0 saturated carbocycles. The van der Waals surface area contributed by atoms with Gasteiger partial charge in [0.25, 0.3) is 5.91 Å². The van der Waals surface area contributed by atoms with Gasteiger partial charge in [0.2, 0.25) is 0 Å². The van der Waals surface area contributed by atoms with Crippen molar-refractivity contribution in [1.82, 2.24) is 15.2 Å². The van der Waals surface area contributed by atoms with Crippen LogP contribution in [0.3, 0.4) is 0 Å². The van der Waals surface area contributed by atoms with Crippen LogP contribution in [-0.2, 0) is 13.0 Å². The number of aromatic amines is 1. The number of H-pyrrole nitrogens is 1. The molecule has 4 rings (SSSR count). The number of nitrogens with one attached hydrogen (secondary N) is 2. The Kier molecular flexibility index (Phi) is 5.43. The zero-order chi connectivity index (χ0) is 18.7. The first-order valence-electron chi connectivity index (χ1n) is 9.29. The summed E-state index contributed by atoms with van der Waals surface area (Å²) in [6.45, 7) is 5.61. The van der Waals surface area contributed by atoms with Crippen molar-refractivity contribution in [2.24, 2.45) is 0 Å². The first-order chi connectivity index (χ1) is 12.6. The van der Waals surface area contributed by atoms with Gasteiger partial charge in [-0.25, -0.2) is 0 Å². The lowest BCUT2D eigenvalue weighted by Crippen LogP contribution is -2.23. The third-order valence-corrected chi connectivity index (χ3v) is 4.57. The van der Waals surface area contributed by atoms with E-state index in [-0.39, 0.29) is 5.91 Å². The smallest absolute Gasteiger partial charge is 0.251 e. The highest BCUT2D eigenvalue weighted by molar-refractivity contribution is 6.10. The van der Waals surface area contributed by atoms with Crippen LogP contribution < -0.4 is 5.32 Å². The van der Waals surface area contributed by atoms with E-state index < -0.39 is 0 Å². The maximum atomic E-state index is 12.3.